The van der Waals surface area contributed by atoms with Gasteiger partial charge in [-0.25, -0.2) is 9.87 Å². The van der Waals surface area contributed by atoms with E-state index in [9.17, 15) is 22.4 Å². The summed E-state index contributed by atoms with van der Waals surface area (Å²) in [5.41, 5.74) is -0.978. The molecular weight excluding hydrogens is 218 g/mol. The molecule has 1 amide bonds. The molecule has 0 atom stereocenters. The fourth-order valence-corrected chi connectivity index (χ4v) is 0.936. The first-order valence-corrected chi connectivity index (χ1v) is 3.67. The van der Waals surface area contributed by atoms with Crippen molar-refractivity contribution in [3.63, 3.8) is 0 Å². The molecule has 0 spiro atoms. The van der Waals surface area contributed by atoms with E-state index in [0.29, 0.717) is 18.2 Å². The van der Waals surface area contributed by atoms with Crippen molar-refractivity contribution < 1.29 is 27.6 Å². The lowest BCUT2D eigenvalue weighted by Crippen LogP contribution is -2.21. The first-order valence-electron chi connectivity index (χ1n) is 3.67. The highest BCUT2D eigenvalue weighted by Crippen LogP contribution is 2.30. The van der Waals surface area contributed by atoms with Crippen LogP contribution < -0.4 is 5.48 Å². The van der Waals surface area contributed by atoms with Gasteiger partial charge in [-0.2, -0.15) is 13.2 Å². The maximum atomic E-state index is 12.9. The van der Waals surface area contributed by atoms with Crippen molar-refractivity contribution >= 4 is 5.91 Å². The number of nitrogens with one attached hydrogen (secondary N) is 1. The van der Waals surface area contributed by atoms with Gasteiger partial charge in [0.1, 0.15) is 5.82 Å². The Hall–Kier alpha value is -1.63. The fraction of sp³-hybridized carbons (Fsp3) is 0.125. The lowest BCUT2D eigenvalue weighted by Gasteiger charge is -2.08. The van der Waals surface area contributed by atoms with Gasteiger partial charge < -0.3 is 0 Å². The molecule has 0 radical (unpaired) electrons. The molecule has 7 heteroatoms. The van der Waals surface area contributed by atoms with Crippen molar-refractivity contribution in [3.05, 3.63) is 35.1 Å². The molecule has 0 aliphatic heterocycles. The summed E-state index contributed by atoms with van der Waals surface area (Å²) >= 11 is 0. The number of alkyl halides is 3. The smallest absolute Gasteiger partial charge is 0.288 e. The molecule has 82 valence electrons. The normalized spacial score (nSPS) is 11.3. The van der Waals surface area contributed by atoms with Crippen LogP contribution in [0, 0.1) is 5.82 Å². The molecule has 0 bridgehead atoms. The van der Waals surface area contributed by atoms with E-state index in [1.54, 1.807) is 0 Å². The van der Waals surface area contributed by atoms with E-state index in [0.717, 1.165) is 5.48 Å². The van der Waals surface area contributed by atoms with Crippen molar-refractivity contribution in [1.82, 2.24) is 5.48 Å². The van der Waals surface area contributed by atoms with Crippen molar-refractivity contribution in [2.75, 3.05) is 0 Å². The summed E-state index contributed by atoms with van der Waals surface area (Å²) in [6.45, 7) is 0. The summed E-state index contributed by atoms with van der Waals surface area (Å²) in [6.07, 6.45) is -4.67. The van der Waals surface area contributed by atoms with Crippen LogP contribution in [0.2, 0.25) is 0 Å². The second-order valence-electron chi connectivity index (χ2n) is 2.63. The lowest BCUT2D eigenvalue weighted by molar-refractivity contribution is -0.137. The molecule has 0 fully saturated rings. The van der Waals surface area contributed by atoms with Crippen molar-refractivity contribution in [3.8, 4) is 0 Å². The van der Waals surface area contributed by atoms with Gasteiger partial charge in [-0.3, -0.25) is 10.0 Å². The Labute approximate surface area is 81.3 Å². The zero-order valence-electron chi connectivity index (χ0n) is 7.10. The van der Waals surface area contributed by atoms with Gasteiger partial charge in [-0.15, -0.1) is 0 Å². The average molecular weight is 223 g/mol. The monoisotopic (exact) mass is 223 g/mol. The standard InChI is InChI=1S/C8H5F4NO2/c9-6-2-1-4(8(10,11)12)3-5(6)7(14)13-15/h1-3,15H,(H,13,14). The van der Waals surface area contributed by atoms with Crippen LogP contribution in [0.4, 0.5) is 17.6 Å². The average Bonchev–Trinajstić information content (AvgIpc) is 2.15. The number of hydrogen-bond donors (Lipinski definition) is 2. The van der Waals surface area contributed by atoms with Crippen LogP contribution in [0.1, 0.15) is 15.9 Å². The van der Waals surface area contributed by atoms with E-state index in [-0.39, 0.29) is 0 Å². The van der Waals surface area contributed by atoms with Crippen LogP contribution in [-0.2, 0) is 6.18 Å². The lowest BCUT2D eigenvalue weighted by atomic mass is 10.1. The molecule has 1 aromatic carbocycles. The number of carbonyl (C=O) groups excluding carboxylic acids is 1. The van der Waals surface area contributed by atoms with Gasteiger partial charge in [0.25, 0.3) is 5.91 Å². The Bertz CT molecular complexity index is 389. The molecule has 0 unspecified atom stereocenters. The Morgan fingerprint density at radius 3 is 2.40 bits per heavy atom. The van der Waals surface area contributed by atoms with Crippen LogP contribution in [0.15, 0.2) is 18.2 Å². The molecule has 0 saturated carbocycles. The van der Waals surface area contributed by atoms with Crippen LogP contribution in [0.5, 0.6) is 0 Å². The molecular formula is C8H5F4NO2. The minimum Gasteiger partial charge on any atom is -0.288 e. The number of rotatable bonds is 1. The van der Waals surface area contributed by atoms with Crippen molar-refractivity contribution in [1.29, 1.82) is 0 Å². The van der Waals surface area contributed by atoms with Gasteiger partial charge in [-0.05, 0) is 18.2 Å². The summed E-state index contributed by atoms with van der Waals surface area (Å²) < 4.78 is 49.3. The van der Waals surface area contributed by atoms with E-state index in [2.05, 4.69) is 0 Å². The fourth-order valence-electron chi connectivity index (χ4n) is 0.936. The predicted octanol–water partition coefficient (Wildman–Crippen LogP) is 1.96. The minimum atomic E-state index is -4.67. The van der Waals surface area contributed by atoms with Crippen molar-refractivity contribution in [2.24, 2.45) is 0 Å². The zero-order chi connectivity index (χ0) is 11.6. The second-order valence-corrected chi connectivity index (χ2v) is 2.63. The largest absolute Gasteiger partial charge is 0.416 e. The van der Waals surface area contributed by atoms with E-state index in [1.165, 1.54) is 0 Å². The number of hydroxylamine groups is 1. The maximum Gasteiger partial charge on any atom is 0.416 e. The van der Waals surface area contributed by atoms with E-state index in [1.807, 2.05) is 0 Å². The Kier molecular flexibility index (Phi) is 2.94. The summed E-state index contributed by atoms with van der Waals surface area (Å²) in [4.78, 5) is 10.7. The third-order valence-electron chi connectivity index (χ3n) is 1.64. The molecule has 1 rings (SSSR count). The van der Waals surface area contributed by atoms with Crippen LogP contribution in [0.3, 0.4) is 0 Å². The topological polar surface area (TPSA) is 49.3 Å². The van der Waals surface area contributed by atoms with Gasteiger partial charge in [0.2, 0.25) is 0 Å². The first-order chi connectivity index (χ1) is 6.86. The van der Waals surface area contributed by atoms with Crippen LogP contribution >= 0.6 is 0 Å². The third kappa shape index (κ3) is 2.44. The molecule has 15 heavy (non-hydrogen) atoms. The van der Waals surface area contributed by atoms with Gasteiger partial charge >= 0.3 is 6.18 Å². The highest BCUT2D eigenvalue weighted by molar-refractivity contribution is 5.93. The van der Waals surface area contributed by atoms with Crippen molar-refractivity contribution in [2.45, 2.75) is 6.18 Å². The number of benzene rings is 1. The molecule has 0 saturated heterocycles. The van der Waals surface area contributed by atoms with E-state index in [4.69, 9.17) is 5.21 Å². The zero-order valence-corrected chi connectivity index (χ0v) is 7.10. The number of halogens is 4. The maximum absolute atomic E-state index is 12.9. The van der Waals surface area contributed by atoms with Crippen LogP contribution in [0.25, 0.3) is 0 Å². The highest BCUT2D eigenvalue weighted by Gasteiger charge is 2.31. The van der Waals surface area contributed by atoms with E-state index >= 15 is 0 Å². The molecule has 0 aliphatic rings. The minimum absolute atomic E-state index is 0.320. The van der Waals surface area contributed by atoms with Gasteiger partial charge in [0.05, 0.1) is 11.1 Å². The molecule has 3 nitrogen and oxygen atoms in total. The molecule has 0 aliphatic carbocycles. The summed E-state index contributed by atoms with van der Waals surface area (Å²) in [6, 6.07) is 1.33. The highest BCUT2D eigenvalue weighted by atomic mass is 19.4. The molecule has 0 heterocycles. The third-order valence-corrected chi connectivity index (χ3v) is 1.64. The number of hydrogen-bond acceptors (Lipinski definition) is 2. The SMILES string of the molecule is O=C(NO)c1cc(C(F)(F)F)ccc1F. The van der Waals surface area contributed by atoms with Gasteiger partial charge in [0.15, 0.2) is 0 Å². The second kappa shape index (κ2) is 3.85. The Balaban J connectivity index is 3.23. The quantitative estimate of drug-likeness (QED) is 0.434. The summed E-state index contributed by atoms with van der Waals surface area (Å²) in [5.74, 6) is -2.48. The predicted molar refractivity (Wildman–Crippen MR) is 40.7 cm³/mol. The summed E-state index contributed by atoms with van der Waals surface area (Å²) in [7, 11) is 0. The number of amides is 1. The van der Waals surface area contributed by atoms with Gasteiger partial charge in [-0.1, -0.05) is 0 Å². The van der Waals surface area contributed by atoms with Crippen LogP contribution in [-0.4, -0.2) is 11.1 Å². The Morgan fingerprint density at radius 1 is 1.33 bits per heavy atom. The molecule has 0 aromatic heterocycles. The molecule has 2 N–H and O–H groups in total. The molecule has 1 aromatic rings. The van der Waals surface area contributed by atoms with Gasteiger partial charge in [0, 0.05) is 0 Å². The summed E-state index contributed by atoms with van der Waals surface area (Å²) in [5, 5.41) is 8.16. The number of carbonyl (C=O) groups is 1. The first kappa shape index (κ1) is 11.4. The van der Waals surface area contributed by atoms with E-state index < -0.39 is 29.0 Å². The Morgan fingerprint density at radius 2 is 1.93 bits per heavy atom.